The molecule has 1 aliphatic heterocycles. The van der Waals surface area contributed by atoms with Crippen molar-refractivity contribution >= 4 is 33.3 Å². The van der Waals surface area contributed by atoms with Crippen molar-refractivity contribution in [1.82, 2.24) is 4.98 Å². The lowest BCUT2D eigenvalue weighted by Gasteiger charge is -2.11. The fraction of sp³-hybridized carbons (Fsp3) is 0.0667. The molecule has 1 amide bonds. The third-order valence-electron chi connectivity index (χ3n) is 3.61. The third kappa shape index (κ3) is 0.991. The molecule has 4 rings (SSSR count). The van der Waals surface area contributed by atoms with Crippen molar-refractivity contribution in [3.05, 3.63) is 48.2 Å². The molecule has 86 valence electrons. The summed E-state index contributed by atoms with van der Waals surface area (Å²) in [6.45, 7) is 0. The number of hydrogen-bond donors (Lipinski definition) is 0. The average molecular weight is 234 g/mol. The van der Waals surface area contributed by atoms with Crippen LogP contribution in [-0.2, 0) is 0 Å². The molecule has 3 nitrogen and oxygen atoms in total. The largest absolute Gasteiger partial charge is 0.311 e. The minimum absolute atomic E-state index is 0.0488. The van der Waals surface area contributed by atoms with Crippen LogP contribution in [0.4, 0.5) is 5.69 Å². The molecule has 1 aliphatic rings. The lowest BCUT2D eigenvalue weighted by molar-refractivity contribution is 0.0999. The van der Waals surface area contributed by atoms with Gasteiger partial charge in [-0.25, -0.2) is 0 Å². The fourth-order valence-electron chi connectivity index (χ4n) is 2.72. The minimum Gasteiger partial charge on any atom is -0.311 e. The molecule has 2 aromatic carbocycles. The van der Waals surface area contributed by atoms with Gasteiger partial charge in [-0.15, -0.1) is 0 Å². The van der Waals surface area contributed by atoms with Gasteiger partial charge in [0.2, 0.25) is 0 Å². The van der Waals surface area contributed by atoms with Crippen LogP contribution in [0.25, 0.3) is 21.7 Å². The van der Waals surface area contributed by atoms with Crippen molar-refractivity contribution in [3.63, 3.8) is 0 Å². The summed E-state index contributed by atoms with van der Waals surface area (Å²) in [4.78, 5) is 18.3. The molecule has 0 radical (unpaired) electrons. The topological polar surface area (TPSA) is 33.2 Å². The van der Waals surface area contributed by atoms with Gasteiger partial charge in [0.1, 0.15) is 0 Å². The maximum Gasteiger partial charge on any atom is 0.258 e. The van der Waals surface area contributed by atoms with Crippen LogP contribution < -0.4 is 4.90 Å². The summed E-state index contributed by atoms with van der Waals surface area (Å²) < 4.78 is 0. The predicted molar refractivity (Wildman–Crippen MR) is 72.0 cm³/mol. The second-order valence-electron chi connectivity index (χ2n) is 4.56. The Balaban J connectivity index is 2.33. The van der Waals surface area contributed by atoms with Crippen LogP contribution in [0.1, 0.15) is 10.4 Å². The van der Waals surface area contributed by atoms with Crippen molar-refractivity contribution in [1.29, 1.82) is 0 Å². The molecule has 0 atom stereocenters. The summed E-state index contributed by atoms with van der Waals surface area (Å²) in [5.74, 6) is 0.0488. The number of fused-ring (bicyclic) bond motifs is 2. The molecule has 2 heterocycles. The highest BCUT2D eigenvalue weighted by molar-refractivity contribution is 6.28. The van der Waals surface area contributed by atoms with E-state index in [9.17, 15) is 4.79 Å². The van der Waals surface area contributed by atoms with Crippen molar-refractivity contribution in [3.8, 4) is 0 Å². The molecule has 0 N–H and O–H groups in total. The summed E-state index contributed by atoms with van der Waals surface area (Å²) in [6.07, 6.45) is 1.71. The van der Waals surface area contributed by atoms with Crippen molar-refractivity contribution in [2.24, 2.45) is 0 Å². The third-order valence-corrected chi connectivity index (χ3v) is 3.61. The van der Waals surface area contributed by atoms with Gasteiger partial charge in [-0.3, -0.25) is 9.78 Å². The molecular formula is C15H10N2O. The van der Waals surface area contributed by atoms with Gasteiger partial charge in [-0.2, -0.15) is 0 Å². The Morgan fingerprint density at radius 1 is 1.17 bits per heavy atom. The second-order valence-corrected chi connectivity index (χ2v) is 4.56. The number of rotatable bonds is 0. The highest BCUT2D eigenvalue weighted by Crippen LogP contribution is 2.39. The van der Waals surface area contributed by atoms with E-state index >= 15 is 0 Å². The number of carbonyl (C=O) groups is 1. The number of carbonyl (C=O) groups excluding carboxylic acids is 1. The van der Waals surface area contributed by atoms with E-state index in [-0.39, 0.29) is 5.91 Å². The first-order valence-corrected chi connectivity index (χ1v) is 5.86. The molecular weight excluding hydrogens is 224 g/mol. The van der Waals surface area contributed by atoms with E-state index in [2.05, 4.69) is 17.1 Å². The van der Waals surface area contributed by atoms with Crippen LogP contribution in [0.2, 0.25) is 0 Å². The Hall–Kier alpha value is -2.42. The Labute approximate surface area is 104 Å². The monoisotopic (exact) mass is 234 g/mol. The maximum atomic E-state index is 12.2. The van der Waals surface area contributed by atoms with E-state index in [0.29, 0.717) is 0 Å². The Bertz CT molecular complexity index is 823. The average Bonchev–Trinajstić information content (AvgIpc) is 2.66. The Morgan fingerprint density at radius 3 is 2.89 bits per heavy atom. The Morgan fingerprint density at radius 2 is 2.00 bits per heavy atom. The highest BCUT2D eigenvalue weighted by atomic mass is 16.2. The van der Waals surface area contributed by atoms with E-state index in [0.717, 1.165) is 32.9 Å². The zero-order valence-electron chi connectivity index (χ0n) is 9.84. The van der Waals surface area contributed by atoms with E-state index in [1.54, 1.807) is 17.2 Å². The number of benzene rings is 2. The summed E-state index contributed by atoms with van der Waals surface area (Å²) in [6, 6.07) is 12.0. The smallest absolute Gasteiger partial charge is 0.258 e. The van der Waals surface area contributed by atoms with Gasteiger partial charge in [0.15, 0.2) is 0 Å². The first kappa shape index (κ1) is 9.59. The van der Waals surface area contributed by atoms with Crippen LogP contribution >= 0.6 is 0 Å². The number of hydrogen-bond acceptors (Lipinski definition) is 2. The number of aromatic nitrogens is 1. The highest BCUT2D eigenvalue weighted by Gasteiger charge is 2.28. The maximum absolute atomic E-state index is 12.2. The molecule has 0 bridgehead atoms. The van der Waals surface area contributed by atoms with Crippen molar-refractivity contribution in [2.45, 2.75) is 0 Å². The molecule has 3 heteroatoms. The number of amides is 1. The molecule has 0 aliphatic carbocycles. The van der Waals surface area contributed by atoms with Crippen molar-refractivity contribution in [2.75, 3.05) is 11.9 Å². The van der Waals surface area contributed by atoms with Gasteiger partial charge >= 0.3 is 0 Å². The molecule has 0 spiro atoms. The SMILES string of the molecule is CN1C(=O)c2ccnc3c2c1cc1ccccc13. The normalized spacial score (nSPS) is 13.8. The molecule has 0 fully saturated rings. The lowest BCUT2D eigenvalue weighted by atomic mass is 10.0. The summed E-state index contributed by atoms with van der Waals surface area (Å²) in [5, 5.41) is 3.19. The standard InChI is InChI=1S/C15H10N2O/c1-17-12-8-9-4-2-3-5-10(9)14-13(12)11(15(17)18)6-7-16-14/h2-8H,1H3. The summed E-state index contributed by atoms with van der Waals surface area (Å²) >= 11 is 0. The predicted octanol–water partition coefficient (Wildman–Crippen LogP) is 2.98. The number of pyridine rings is 1. The zero-order chi connectivity index (χ0) is 12.3. The van der Waals surface area contributed by atoms with E-state index in [1.807, 2.05) is 25.2 Å². The van der Waals surface area contributed by atoms with Gasteiger partial charge in [0.25, 0.3) is 5.91 Å². The van der Waals surface area contributed by atoms with Crippen LogP contribution in [0.5, 0.6) is 0 Å². The first-order chi connectivity index (χ1) is 8.77. The van der Waals surface area contributed by atoms with Gasteiger partial charge < -0.3 is 4.90 Å². The molecule has 0 saturated carbocycles. The molecule has 3 aromatic rings. The minimum atomic E-state index is 0.0488. The van der Waals surface area contributed by atoms with Gasteiger partial charge in [0.05, 0.1) is 16.8 Å². The summed E-state index contributed by atoms with van der Waals surface area (Å²) in [7, 11) is 1.81. The van der Waals surface area contributed by atoms with E-state index < -0.39 is 0 Å². The number of anilines is 1. The van der Waals surface area contributed by atoms with Gasteiger partial charge in [0, 0.05) is 24.0 Å². The lowest BCUT2D eigenvalue weighted by Crippen LogP contribution is -2.20. The van der Waals surface area contributed by atoms with E-state index in [1.165, 1.54) is 0 Å². The van der Waals surface area contributed by atoms with Gasteiger partial charge in [-0.1, -0.05) is 24.3 Å². The van der Waals surface area contributed by atoms with Crippen LogP contribution in [0.3, 0.4) is 0 Å². The van der Waals surface area contributed by atoms with Crippen molar-refractivity contribution < 1.29 is 4.79 Å². The number of nitrogens with zero attached hydrogens (tertiary/aromatic N) is 2. The zero-order valence-corrected chi connectivity index (χ0v) is 9.84. The van der Waals surface area contributed by atoms with Crippen LogP contribution in [-0.4, -0.2) is 17.9 Å². The molecule has 0 unspecified atom stereocenters. The quantitative estimate of drug-likeness (QED) is 0.560. The molecule has 18 heavy (non-hydrogen) atoms. The molecule has 0 saturated heterocycles. The van der Waals surface area contributed by atoms with Gasteiger partial charge in [-0.05, 0) is 17.5 Å². The fourth-order valence-corrected chi connectivity index (χ4v) is 2.72. The van der Waals surface area contributed by atoms with E-state index in [4.69, 9.17) is 0 Å². The summed E-state index contributed by atoms with van der Waals surface area (Å²) in [5.41, 5.74) is 2.62. The first-order valence-electron chi connectivity index (χ1n) is 5.86. The molecule has 1 aromatic heterocycles. The second kappa shape index (κ2) is 3.07. The van der Waals surface area contributed by atoms with Crippen LogP contribution in [0.15, 0.2) is 42.6 Å². The van der Waals surface area contributed by atoms with Crippen LogP contribution in [0, 0.1) is 0 Å². The Kier molecular flexibility index (Phi) is 1.64.